The summed E-state index contributed by atoms with van der Waals surface area (Å²) in [6.07, 6.45) is 4.35. The molecule has 1 saturated carbocycles. The molecule has 0 saturated heterocycles. The Kier molecular flexibility index (Phi) is 4.28. The Morgan fingerprint density at radius 3 is 2.39 bits per heavy atom. The predicted octanol–water partition coefficient (Wildman–Crippen LogP) is 3.75. The number of ether oxygens (including phenoxy) is 1. The number of rotatable bonds is 7. The SMILES string of the molecule is CCC1(CNCc2ccc(OC(C)C)cc2)CC1. The Hall–Kier alpha value is -1.02. The van der Waals surface area contributed by atoms with Gasteiger partial charge < -0.3 is 10.1 Å². The van der Waals surface area contributed by atoms with Crippen LogP contribution in [0.5, 0.6) is 5.75 Å². The maximum Gasteiger partial charge on any atom is 0.119 e. The van der Waals surface area contributed by atoms with Gasteiger partial charge in [-0.3, -0.25) is 0 Å². The van der Waals surface area contributed by atoms with Gasteiger partial charge in [-0.2, -0.15) is 0 Å². The van der Waals surface area contributed by atoms with Crippen LogP contribution >= 0.6 is 0 Å². The van der Waals surface area contributed by atoms with Gasteiger partial charge in [-0.1, -0.05) is 19.1 Å². The average Bonchev–Trinajstić information content (AvgIpc) is 3.11. The first-order valence-corrected chi connectivity index (χ1v) is 7.10. The van der Waals surface area contributed by atoms with Gasteiger partial charge in [0.15, 0.2) is 0 Å². The molecule has 0 amide bonds. The molecule has 0 heterocycles. The van der Waals surface area contributed by atoms with E-state index in [2.05, 4.69) is 50.4 Å². The van der Waals surface area contributed by atoms with Crippen LogP contribution in [0, 0.1) is 5.41 Å². The lowest BCUT2D eigenvalue weighted by Gasteiger charge is -2.14. The Morgan fingerprint density at radius 2 is 1.89 bits per heavy atom. The van der Waals surface area contributed by atoms with Gasteiger partial charge in [0.1, 0.15) is 5.75 Å². The number of hydrogen-bond acceptors (Lipinski definition) is 2. The van der Waals surface area contributed by atoms with Gasteiger partial charge in [-0.25, -0.2) is 0 Å². The summed E-state index contributed by atoms with van der Waals surface area (Å²) in [5.41, 5.74) is 1.96. The molecule has 1 aromatic carbocycles. The Labute approximate surface area is 111 Å². The van der Waals surface area contributed by atoms with E-state index in [9.17, 15) is 0 Å². The summed E-state index contributed by atoms with van der Waals surface area (Å²) in [7, 11) is 0. The molecular weight excluding hydrogens is 222 g/mol. The van der Waals surface area contributed by atoms with E-state index in [0.717, 1.165) is 18.8 Å². The van der Waals surface area contributed by atoms with Gasteiger partial charge in [0.25, 0.3) is 0 Å². The quantitative estimate of drug-likeness (QED) is 0.792. The maximum absolute atomic E-state index is 5.63. The summed E-state index contributed by atoms with van der Waals surface area (Å²) < 4.78 is 5.63. The molecule has 0 aliphatic heterocycles. The van der Waals surface area contributed by atoms with E-state index in [-0.39, 0.29) is 6.10 Å². The fourth-order valence-electron chi connectivity index (χ4n) is 2.26. The van der Waals surface area contributed by atoms with Crippen molar-refractivity contribution >= 4 is 0 Å². The first kappa shape index (κ1) is 13.4. The molecular formula is C16H25NO. The van der Waals surface area contributed by atoms with E-state index in [0.29, 0.717) is 5.41 Å². The van der Waals surface area contributed by atoms with Crippen LogP contribution in [0.4, 0.5) is 0 Å². The van der Waals surface area contributed by atoms with Crippen molar-refractivity contribution in [3.63, 3.8) is 0 Å². The third-order valence-electron chi connectivity index (χ3n) is 3.83. The minimum absolute atomic E-state index is 0.244. The standard InChI is InChI=1S/C16H25NO/c1-4-16(9-10-16)12-17-11-14-5-7-15(8-6-14)18-13(2)3/h5-8,13,17H,4,9-12H2,1-3H3. The lowest BCUT2D eigenvalue weighted by atomic mass is 10.0. The monoisotopic (exact) mass is 247 g/mol. The number of nitrogens with one attached hydrogen (secondary N) is 1. The van der Waals surface area contributed by atoms with E-state index < -0.39 is 0 Å². The van der Waals surface area contributed by atoms with Crippen LogP contribution in [0.2, 0.25) is 0 Å². The van der Waals surface area contributed by atoms with E-state index in [1.807, 2.05) is 0 Å². The largest absolute Gasteiger partial charge is 0.491 e. The highest BCUT2D eigenvalue weighted by Crippen LogP contribution is 2.47. The molecule has 100 valence electrons. The van der Waals surface area contributed by atoms with Crippen LogP contribution in [0.3, 0.4) is 0 Å². The van der Waals surface area contributed by atoms with Crippen molar-refractivity contribution in [2.45, 2.75) is 52.7 Å². The van der Waals surface area contributed by atoms with Crippen LogP contribution in [0.1, 0.15) is 45.6 Å². The molecule has 2 nitrogen and oxygen atoms in total. The molecule has 0 spiro atoms. The van der Waals surface area contributed by atoms with Gasteiger partial charge in [-0.15, -0.1) is 0 Å². The van der Waals surface area contributed by atoms with E-state index >= 15 is 0 Å². The molecule has 0 radical (unpaired) electrons. The van der Waals surface area contributed by atoms with Crippen LogP contribution in [-0.4, -0.2) is 12.6 Å². The second-order valence-electron chi connectivity index (χ2n) is 5.77. The Bertz CT molecular complexity index is 365. The van der Waals surface area contributed by atoms with Gasteiger partial charge in [0.05, 0.1) is 6.10 Å². The maximum atomic E-state index is 5.63. The average molecular weight is 247 g/mol. The topological polar surface area (TPSA) is 21.3 Å². The molecule has 1 aromatic rings. The summed E-state index contributed by atoms with van der Waals surface area (Å²) in [6, 6.07) is 8.42. The Balaban J connectivity index is 1.76. The van der Waals surface area contributed by atoms with Crippen LogP contribution in [0.15, 0.2) is 24.3 Å². The molecule has 1 aliphatic carbocycles. The lowest BCUT2D eigenvalue weighted by Crippen LogP contribution is -2.23. The number of benzene rings is 1. The van der Waals surface area contributed by atoms with Crippen LogP contribution in [0.25, 0.3) is 0 Å². The molecule has 2 rings (SSSR count). The van der Waals surface area contributed by atoms with Crippen molar-refractivity contribution < 1.29 is 4.74 Å². The van der Waals surface area contributed by atoms with Crippen LogP contribution < -0.4 is 10.1 Å². The summed E-state index contributed by atoms with van der Waals surface area (Å²) in [4.78, 5) is 0. The van der Waals surface area contributed by atoms with Crippen molar-refractivity contribution in [2.24, 2.45) is 5.41 Å². The zero-order chi connectivity index (χ0) is 13.0. The van der Waals surface area contributed by atoms with Gasteiger partial charge >= 0.3 is 0 Å². The zero-order valence-corrected chi connectivity index (χ0v) is 11.8. The highest BCUT2D eigenvalue weighted by Gasteiger charge is 2.39. The van der Waals surface area contributed by atoms with Crippen LogP contribution in [-0.2, 0) is 6.54 Å². The molecule has 2 heteroatoms. The third-order valence-corrected chi connectivity index (χ3v) is 3.83. The molecule has 0 unspecified atom stereocenters. The molecule has 1 fully saturated rings. The molecule has 0 atom stereocenters. The summed E-state index contributed by atoms with van der Waals surface area (Å²) in [5.74, 6) is 0.959. The van der Waals surface area contributed by atoms with Gasteiger partial charge in [-0.05, 0) is 56.2 Å². The van der Waals surface area contributed by atoms with Crippen molar-refractivity contribution in [1.82, 2.24) is 5.32 Å². The molecule has 18 heavy (non-hydrogen) atoms. The second-order valence-corrected chi connectivity index (χ2v) is 5.77. The van der Waals surface area contributed by atoms with E-state index in [1.165, 1.54) is 24.8 Å². The van der Waals surface area contributed by atoms with Crippen molar-refractivity contribution in [2.75, 3.05) is 6.54 Å². The van der Waals surface area contributed by atoms with Crippen molar-refractivity contribution in [1.29, 1.82) is 0 Å². The minimum Gasteiger partial charge on any atom is -0.491 e. The normalized spacial score (nSPS) is 16.9. The fraction of sp³-hybridized carbons (Fsp3) is 0.625. The first-order chi connectivity index (χ1) is 8.63. The summed E-state index contributed by atoms with van der Waals surface area (Å²) in [5, 5.41) is 3.57. The molecule has 1 N–H and O–H groups in total. The number of hydrogen-bond donors (Lipinski definition) is 1. The minimum atomic E-state index is 0.244. The summed E-state index contributed by atoms with van der Waals surface area (Å²) in [6.45, 7) is 8.52. The second kappa shape index (κ2) is 5.75. The zero-order valence-electron chi connectivity index (χ0n) is 11.8. The Morgan fingerprint density at radius 1 is 1.22 bits per heavy atom. The molecule has 0 bridgehead atoms. The highest BCUT2D eigenvalue weighted by atomic mass is 16.5. The van der Waals surface area contributed by atoms with Gasteiger partial charge in [0.2, 0.25) is 0 Å². The van der Waals surface area contributed by atoms with Gasteiger partial charge in [0, 0.05) is 13.1 Å². The smallest absolute Gasteiger partial charge is 0.119 e. The van der Waals surface area contributed by atoms with Crippen molar-refractivity contribution in [3.05, 3.63) is 29.8 Å². The predicted molar refractivity (Wildman–Crippen MR) is 75.9 cm³/mol. The van der Waals surface area contributed by atoms with E-state index in [4.69, 9.17) is 4.74 Å². The fourth-order valence-corrected chi connectivity index (χ4v) is 2.26. The summed E-state index contributed by atoms with van der Waals surface area (Å²) >= 11 is 0. The highest BCUT2D eigenvalue weighted by molar-refractivity contribution is 5.27. The lowest BCUT2D eigenvalue weighted by molar-refractivity contribution is 0.242. The molecule has 1 aliphatic rings. The molecule has 0 aromatic heterocycles. The third kappa shape index (κ3) is 3.74. The van der Waals surface area contributed by atoms with E-state index in [1.54, 1.807) is 0 Å². The first-order valence-electron chi connectivity index (χ1n) is 7.10. The van der Waals surface area contributed by atoms with Crippen molar-refractivity contribution in [3.8, 4) is 5.75 Å².